The molecule has 2 aromatic heterocycles. The Labute approximate surface area is 167 Å². The van der Waals surface area contributed by atoms with Crippen LogP contribution in [0.4, 0.5) is 0 Å². The minimum Gasteiger partial charge on any atom is -0.274 e. The van der Waals surface area contributed by atoms with Gasteiger partial charge in [0.15, 0.2) is 0 Å². The number of carbonyl (C=O) groups excluding carboxylic acids is 2. The molecule has 0 aliphatic carbocycles. The Bertz CT molecular complexity index is 1250. The minimum atomic E-state index is -0.259. The molecule has 2 amide bonds. The molecule has 0 bridgehead atoms. The second-order valence-corrected chi connectivity index (χ2v) is 6.98. The average molecular weight is 379 g/mol. The van der Waals surface area contributed by atoms with Crippen molar-refractivity contribution in [2.45, 2.75) is 6.42 Å². The topological polar surface area (TPSA) is 63.2 Å². The number of hydrogen-bond acceptors (Lipinski definition) is 4. The number of rotatable bonds is 4. The number of hydrogen-bond donors (Lipinski definition) is 0. The van der Waals surface area contributed by atoms with Gasteiger partial charge in [0, 0.05) is 42.0 Å². The summed E-state index contributed by atoms with van der Waals surface area (Å²) >= 11 is 0. The van der Waals surface area contributed by atoms with E-state index in [-0.39, 0.29) is 11.8 Å². The quantitative estimate of drug-likeness (QED) is 0.500. The highest BCUT2D eigenvalue weighted by molar-refractivity contribution is 6.24. The predicted octanol–water partition coefficient (Wildman–Crippen LogP) is 4.14. The highest BCUT2D eigenvalue weighted by atomic mass is 16.2. The van der Waals surface area contributed by atoms with Gasteiger partial charge < -0.3 is 0 Å². The average Bonchev–Trinajstić information content (AvgIpc) is 3.02. The number of pyridine rings is 2. The standard InChI is InChI=1S/C24H17N3O2/c28-23-20-8-3-7-19(17-6-4-13-25-15-17)22(20)24(29)27(23)14-12-18-11-10-16-5-1-2-9-21(16)26-18/h1-11,13,15H,12,14H2. The molecule has 1 aliphatic heterocycles. The molecule has 4 aromatic rings. The SMILES string of the molecule is O=C1c2cccc(-c3cccnc3)c2C(=O)N1CCc1ccc2ccccc2n1. The third kappa shape index (κ3) is 2.97. The third-order valence-electron chi connectivity index (χ3n) is 5.22. The Morgan fingerprint density at radius 2 is 1.66 bits per heavy atom. The van der Waals surface area contributed by atoms with E-state index in [4.69, 9.17) is 0 Å². The summed E-state index contributed by atoms with van der Waals surface area (Å²) in [6, 6.07) is 20.9. The number of amides is 2. The fourth-order valence-electron chi connectivity index (χ4n) is 3.77. The summed E-state index contributed by atoms with van der Waals surface area (Å²) < 4.78 is 0. The molecule has 5 nitrogen and oxygen atoms in total. The Hall–Kier alpha value is -3.86. The highest BCUT2D eigenvalue weighted by Crippen LogP contribution is 2.32. The molecule has 0 atom stereocenters. The summed E-state index contributed by atoms with van der Waals surface area (Å²) in [5.41, 5.74) is 4.22. The lowest BCUT2D eigenvalue weighted by Crippen LogP contribution is -2.32. The number of benzene rings is 2. The molecule has 0 unspecified atom stereocenters. The first kappa shape index (κ1) is 17.3. The first-order chi connectivity index (χ1) is 14.2. The van der Waals surface area contributed by atoms with Crippen molar-refractivity contribution in [1.82, 2.24) is 14.9 Å². The van der Waals surface area contributed by atoms with Gasteiger partial charge in [-0.15, -0.1) is 0 Å². The molecular formula is C24H17N3O2. The molecule has 0 radical (unpaired) electrons. The van der Waals surface area contributed by atoms with E-state index in [0.717, 1.165) is 27.7 Å². The molecule has 0 fully saturated rings. The van der Waals surface area contributed by atoms with Crippen LogP contribution in [0.15, 0.2) is 79.1 Å². The van der Waals surface area contributed by atoms with Crippen LogP contribution >= 0.6 is 0 Å². The van der Waals surface area contributed by atoms with Crippen molar-refractivity contribution < 1.29 is 9.59 Å². The lowest BCUT2D eigenvalue weighted by atomic mass is 9.98. The molecule has 2 aromatic carbocycles. The van der Waals surface area contributed by atoms with Gasteiger partial charge in [-0.2, -0.15) is 0 Å². The molecule has 1 aliphatic rings. The molecule has 0 saturated heterocycles. The minimum absolute atomic E-state index is 0.253. The zero-order valence-corrected chi connectivity index (χ0v) is 15.6. The maximum atomic E-state index is 13.1. The van der Waals surface area contributed by atoms with Crippen LogP contribution in [0.25, 0.3) is 22.0 Å². The Kier molecular flexibility index (Phi) is 4.13. The molecule has 0 N–H and O–H groups in total. The van der Waals surface area contributed by atoms with Gasteiger partial charge in [-0.05, 0) is 29.8 Å². The molecule has 29 heavy (non-hydrogen) atoms. The van der Waals surface area contributed by atoms with E-state index in [1.165, 1.54) is 4.90 Å². The van der Waals surface area contributed by atoms with Crippen molar-refractivity contribution in [3.8, 4) is 11.1 Å². The molecular weight excluding hydrogens is 362 g/mol. The summed E-state index contributed by atoms with van der Waals surface area (Å²) in [4.78, 5) is 36.1. The molecule has 0 saturated carbocycles. The normalized spacial score (nSPS) is 13.2. The van der Waals surface area contributed by atoms with Gasteiger partial charge in [0.05, 0.1) is 16.6 Å². The number of carbonyl (C=O) groups is 2. The number of para-hydroxylation sites is 1. The molecule has 3 heterocycles. The Morgan fingerprint density at radius 3 is 2.52 bits per heavy atom. The lowest BCUT2D eigenvalue weighted by molar-refractivity contribution is 0.0656. The zero-order valence-electron chi connectivity index (χ0n) is 15.6. The summed E-state index contributed by atoms with van der Waals surface area (Å²) in [6.45, 7) is 0.296. The number of imide groups is 1. The first-order valence-corrected chi connectivity index (χ1v) is 9.46. The van der Waals surface area contributed by atoms with Crippen LogP contribution in [0.5, 0.6) is 0 Å². The van der Waals surface area contributed by atoms with Gasteiger partial charge in [0.25, 0.3) is 11.8 Å². The van der Waals surface area contributed by atoms with Crippen molar-refractivity contribution in [3.63, 3.8) is 0 Å². The second kappa shape index (κ2) is 6.95. The summed E-state index contributed by atoms with van der Waals surface area (Å²) in [5, 5.41) is 1.07. The van der Waals surface area contributed by atoms with Crippen molar-refractivity contribution in [3.05, 3.63) is 95.9 Å². The summed E-state index contributed by atoms with van der Waals surface area (Å²) in [5.74, 6) is -0.512. The van der Waals surface area contributed by atoms with E-state index in [0.29, 0.717) is 24.1 Å². The van der Waals surface area contributed by atoms with Crippen molar-refractivity contribution in [2.75, 3.05) is 6.54 Å². The summed E-state index contributed by atoms with van der Waals surface area (Å²) in [6.07, 6.45) is 3.90. The maximum absolute atomic E-state index is 13.1. The molecule has 0 spiro atoms. The first-order valence-electron chi connectivity index (χ1n) is 9.46. The van der Waals surface area contributed by atoms with Crippen LogP contribution in [0.2, 0.25) is 0 Å². The zero-order chi connectivity index (χ0) is 19.8. The van der Waals surface area contributed by atoms with Crippen LogP contribution in [-0.2, 0) is 6.42 Å². The smallest absolute Gasteiger partial charge is 0.262 e. The van der Waals surface area contributed by atoms with Gasteiger partial charge in [-0.3, -0.25) is 24.5 Å². The van der Waals surface area contributed by atoms with Gasteiger partial charge in [-0.25, -0.2) is 0 Å². The van der Waals surface area contributed by atoms with Crippen LogP contribution in [0.1, 0.15) is 26.4 Å². The Morgan fingerprint density at radius 1 is 0.793 bits per heavy atom. The number of fused-ring (bicyclic) bond motifs is 2. The molecule has 5 heteroatoms. The van der Waals surface area contributed by atoms with Gasteiger partial charge in [0.1, 0.15) is 0 Å². The van der Waals surface area contributed by atoms with Crippen LogP contribution < -0.4 is 0 Å². The highest BCUT2D eigenvalue weighted by Gasteiger charge is 2.37. The Balaban J connectivity index is 1.43. The molecule has 5 rings (SSSR count). The fourth-order valence-corrected chi connectivity index (χ4v) is 3.77. The van der Waals surface area contributed by atoms with E-state index in [1.807, 2.05) is 54.6 Å². The maximum Gasteiger partial charge on any atom is 0.262 e. The van der Waals surface area contributed by atoms with Gasteiger partial charge in [-0.1, -0.05) is 42.5 Å². The fraction of sp³-hybridized carbons (Fsp3) is 0.0833. The van der Waals surface area contributed by atoms with Gasteiger partial charge in [0.2, 0.25) is 0 Å². The summed E-state index contributed by atoms with van der Waals surface area (Å²) in [7, 11) is 0. The van der Waals surface area contributed by atoms with E-state index in [2.05, 4.69) is 9.97 Å². The lowest BCUT2D eigenvalue weighted by Gasteiger charge is -2.14. The number of aromatic nitrogens is 2. The predicted molar refractivity (Wildman–Crippen MR) is 110 cm³/mol. The van der Waals surface area contributed by atoms with Crippen LogP contribution in [0, 0.1) is 0 Å². The van der Waals surface area contributed by atoms with Crippen molar-refractivity contribution >= 4 is 22.7 Å². The van der Waals surface area contributed by atoms with E-state index >= 15 is 0 Å². The largest absolute Gasteiger partial charge is 0.274 e. The van der Waals surface area contributed by atoms with E-state index in [1.54, 1.807) is 24.5 Å². The van der Waals surface area contributed by atoms with Crippen LogP contribution in [-0.4, -0.2) is 33.2 Å². The van der Waals surface area contributed by atoms with Gasteiger partial charge >= 0.3 is 0 Å². The monoisotopic (exact) mass is 379 g/mol. The van der Waals surface area contributed by atoms with Crippen molar-refractivity contribution in [1.29, 1.82) is 0 Å². The second-order valence-electron chi connectivity index (χ2n) is 6.98. The van der Waals surface area contributed by atoms with Crippen LogP contribution in [0.3, 0.4) is 0 Å². The van der Waals surface area contributed by atoms with Crippen molar-refractivity contribution in [2.24, 2.45) is 0 Å². The van der Waals surface area contributed by atoms with E-state index in [9.17, 15) is 9.59 Å². The van der Waals surface area contributed by atoms with E-state index < -0.39 is 0 Å². The molecule has 140 valence electrons. The third-order valence-corrected chi connectivity index (χ3v) is 5.22. The number of nitrogens with zero attached hydrogens (tertiary/aromatic N) is 3.